The number of aliphatic hydroxyl groups is 1. The van der Waals surface area contributed by atoms with Gasteiger partial charge in [-0.2, -0.15) is 0 Å². The number of hydrogen-bond acceptors (Lipinski definition) is 3. The van der Waals surface area contributed by atoms with Gasteiger partial charge in [-0.25, -0.2) is 0 Å². The van der Waals surface area contributed by atoms with Gasteiger partial charge in [-0.15, -0.1) is 0 Å². The summed E-state index contributed by atoms with van der Waals surface area (Å²) in [5, 5.41) is 8.86. The molecule has 0 saturated carbocycles. The molecule has 66 valence electrons. The second-order valence-electron chi connectivity index (χ2n) is 3.02. The largest absolute Gasteiger partial charge is 0.391 e. The number of rotatable bonds is 4. The minimum Gasteiger partial charge on any atom is -0.391 e. The Morgan fingerprint density at radius 3 is 3.09 bits per heavy atom. The zero-order valence-corrected chi connectivity index (χ0v) is 6.95. The van der Waals surface area contributed by atoms with E-state index in [9.17, 15) is 0 Å². The van der Waals surface area contributed by atoms with E-state index < -0.39 is 0 Å². The molecular formula is C8H16O3. The van der Waals surface area contributed by atoms with Crippen LogP contribution in [-0.4, -0.2) is 37.1 Å². The zero-order chi connectivity index (χ0) is 8.10. The second-order valence-corrected chi connectivity index (χ2v) is 3.02. The fourth-order valence-corrected chi connectivity index (χ4v) is 1.15. The molecule has 1 saturated heterocycles. The van der Waals surface area contributed by atoms with Gasteiger partial charge >= 0.3 is 0 Å². The lowest BCUT2D eigenvalue weighted by Gasteiger charge is -2.10. The molecular weight excluding hydrogens is 144 g/mol. The normalized spacial score (nSPS) is 27.3. The molecule has 0 spiro atoms. The molecule has 1 heterocycles. The number of ether oxygens (including phenoxy) is 2. The van der Waals surface area contributed by atoms with E-state index >= 15 is 0 Å². The van der Waals surface area contributed by atoms with Crippen molar-refractivity contribution in [1.29, 1.82) is 0 Å². The molecule has 3 heteroatoms. The van der Waals surface area contributed by atoms with Gasteiger partial charge in [0.1, 0.15) is 0 Å². The van der Waals surface area contributed by atoms with Crippen LogP contribution in [0.5, 0.6) is 0 Å². The van der Waals surface area contributed by atoms with Crippen LogP contribution in [-0.2, 0) is 9.47 Å². The lowest BCUT2D eigenvalue weighted by molar-refractivity contribution is -0.0124. The van der Waals surface area contributed by atoms with Gasteiger partial charge in [0.15, 0.2) is 0 Å². The molecule has 2 atom stereocenters. The summed E-state index contributed by atoms with van der Waals surface area (Å²) >= 11 is 0. The minimum absolute atomic E-state index is 0.272. The third kappa shape index (κ3) is 3.70. The van der Waals surface area contributed by atoms with E-state index in [4.69, 9.17) is 14.6 Å². The fourth-order valence-electron chi connectivity index (χ4n) is 1.15. The van der Waals surface area contributed by atoms with Crippen molar-refractivity contribution in [2.45, 2.75) is 32.0 Å². The highest BCUT2D eigenvalue weighted by Crippen LogP contribution is 2.11. The van der Waals surface area contributed by atoms with Gasteiger partial charge in [-0.1, -0.05) is 0 Å². The van der Waals surface area contributed by atoms with Gasteiger partial charge in [0.05, 0.1) is 25.4 Å². The van der Waals surface area contributed by atoms with Crippen molar-refractivity contribution >= 4 is 0 Å². The second kappa shape index (κ2) is 4.70. The summed E-state index contributed by atoms with van der Waals surface area (Å²) in [5.41, 5.74) is 0. The Kier molecular flexibility index (Phi) is 3.83. The lowest BCUT2D eigenvalue weighted by Crippen LogP contribution is -2.18. The smallest absolute Gasteiger partial charge is 0.0809 e. The van der Waals surface area contributed by atoms with Crippen molar-refractivity contribution < 1.29 is 14.6 Å². The van der Waals surface area contributed by atoms with E-state index in [0.29, 0.717) is 13.2 Å². The fraction of sp³-hybridized carbons (Fsp3) is 1.00. The predicted molar refractivity (Wildman–Crippen MR) is 41.5 cm³/mol. The molecule has 0 bridgehead atoms. The maximum absolute atomic E-state index is 8.86. The molecule has 0 aliphatic carbocycles. The molecule has 0 aromatic heterocycles. The summed E-state index contributed by atoms with van der Waals surface area (Å²) in [7, 11) is 0. The Morgan fingerprint density at radius 2 is 2.55 bits per heavy atom. The SMILES string of the molecule is C[C@H](O)COC[C@@H]1CCCO1. The van der Waals surface area contributed by atoms with Crippen LogP contribution < -0.4 is 0 Å². The van der Waals surface area contributed by atoms with Crippen LogP contribution in [0.15, 0.2) is 0 Å². The average Bonchev–Trinajstić information content (AvgIpc) is 2.39. The first-order valence-corrected chi connectivity index (χ1v) is 4.16. The molecule has 1 fully saturated rings. The molecule has 0 radical (unpaired) electrons. The summed E-state index contributed by atoms with van der Waals surface area (Å²) in [6, 6.07) is 0. The molecule has 11 heavy (non-hydrogen) atoms. The van der Waals surface area contributed by atoms with Crippen molar-refractivity contribution in [1.82, 2.24) is 0 Å². The molecule has 0 aromatic carbocycles. The maximum Gasteiger partial charge on any atom is 0.0809 e. The van der Waals surface area contributed by atoms with Crippen LogP contribution in [0, 0.1) is 0 Å². The van der Waals surface area contributed by atoms with E-state index in [0.717, 1.165) is 19.4 Å². The molecule has 1 aliphatic heterocycles. The van der Waals surface area contributed by atoms with Crippen LogP contribution in [0.4, 0.5) is 0 Å². The average molecular weight is 160 g/mol. The molecule has 0 amide bonds. The van der Waals surface area contributed by atoms with Crippen LogP contribution in [0.1, 0.15) is 19.8 Å². The van der Waals surface area contributed by atoms with Crippen LogP contribution >= 0.6 is 0 Å². The van der Waals surface area contributed by atoms with Crippen LogP contribution in [0.25, 0.3) is 0 Å². The van der Waals surface area contributed by atoms with Crippen molar-refractivity contribution in [2.75, 3.05) is 19.8 Å². The first kappa shape index (κ1) is 8.97. The highest BCUT2D eigenvalue weighted by molar-refractivity contribution is 4.63. The Morgan fingerprint density at radius 1 is 1.73 bits per heavy atom. The van der Waals surface area contributed by atoms with Gasteiger partial charge in [0, 0.05) is 6.61 Å². The van der Waals surface area contributed by atoms with Gasteiger partial charge in [0.2, 0.25) is 0 Å². The van der Waals surface area contributed by atoms with E-state index in [-0.39, 0.29) is 12.2 Å². The molecule has 3 nitrogen and oxygen atoms in total. The van der Waals surface area contributed by atoms with Crippen LogP contribution in [0.2, 0.25) is 0 Å². The Balaban J connectivity index is 1.94. The molecule has 0 aromatic rings. The van der Waals surface area contributed by atoms with Crippen molar-refractivity contribution in [3.8, 4) is 0 Å². The third-order valence-electron chi connectivity index (χ3n) is 1.69. The number of hydrogen-bond donors (Lipinski definition) is 1. The Hall–Kier alpha value is -0.120. The first-order valence-electron chi connectivity index (χ1n) is 4.16. The molecule has 0 unspecified atom stereocenters. The Bertz CT molecular complexity index is 97.5. The summed E-state index contributed by atoms with van der Waals surface area (Å²) in [6.07, 6.45) is 2.15. The Labute approximate surface area is 67.3 Å². The lowest BCUT2D eigenvalue weighted by atomic mass is 10.2. The maximum atomic E-state index is 8.86. The summed E-state index contributed by atoms with van der Waals surface area (Å²) in [4.78, 5) is 0. The summed E-state index contributed by atoms with van der Waals surface area (Å²) in [5.74, 6) is 0. The van der Waals surface area contributed by atoms with Crippen molar-refractivity contribution in [3.05, 3.63) is 0 Å². The predicted octanol–water partition coefficient (Wildman–Crippen LogP) is 0.563. The first-order chi connectivity index (χ1) is 5.29. The van der Waals surface area contributed by atoms with E-state index in [1.807, 2.05) is 0 Å². The van der Waals surface area contributed by atoms with E-state index in [1.54, 1.807) is 6.92 Å². The van der Waals surface area contributed by atoms with Crippen LogP contribution in [0.3, 0.4) is 0 Å². The highest BCUT2D eigenvalue weighted by Gasteiger charge is 2.15. The van der Waals surface area contributed by atoms with Gasteiger partial charge in [0.25, 0.3) is 0 Å². The quantitative estimate of drug-likeness (QED) is 0.653. The molecule has 1 aliphatic rings. The monoisotopic (exact) mass is 160 g/mol. The van der Waals surface area contributed by atoms with Crippen molar-refractivity contribution in [2.24, 2.45) is 0 Å². The number of aliphatic hydroxyl groups excluding tert-OH is 1. The van der Waals surface area contributed by atoms with Gasteiger partial charge < -0.3 is 14.6 Å². The van der Waals surface area contributed by atoms with Crippen molar-refractivity contribution in [3.63, 3.8) is 0 Å². The van der Waals surface area contributed by atoms with Gasteiger partial charge in [-0.05, 0) is 19.8 Å². The van der Waals surface area contributed by atoms with Gasteiger partial charge in [-0.3, -0.25) is 0 Å². The minimum atomic E-state index is -0.364. The zero-order valence-electron chi connectivity index (χ0n) is 6.95. The van der Waals surface area contributed by atoms with E-state index in [1.165, 1.54) is 0 Å². The summed E-state index contributed by atoms with van der Waals surface area (Å²) in [6.45, 7) is 3.63. The third-order valence-corrected chi connectivity index (χ3v) is 1.69. The molecule has 1 N–H and O–H groups in total. The standard InChI is InChI=1S/C8H16O3/c1-7(9)5-10-6-8-3-2-4-11-8/h7-9H,2-6H2,1H3/t7-,8-/m0/s1. The topological polar surface area (TPSA) is 38.7 Å². The van der Waals surface area contributed by atoms with E-state index in [2.05, 4.69) is 0 Å². The molecule has 1 rings (SSSR count). The highest BCUT2D eigenvalue weighted by atomic mass is 16.5. The summed E-state index contributed by atoms with van der Waals surface area (Å²) < 4.78 is 10.5.